The van der Waals surface area contributed by atoms with Gasteiger partial charge in [0.25, 0.3) is 5.69 Å². The van der Waals surface area contributed by atoms with Crippen LogP contribution in [-0.2, 0) is 24.8 Å². The predicted octanol–water partition coefficient (Wildman–Crippen LogP) is 1.60. The number of carbonyl (C=O) groups is 1. The van der Waals surface area contributed by atoms with Crippen LogP contribution < -0.4 is 5.32 Å². The van der Waals surface area contributed by atoms with Crippen LogP contribution in [0.4, 0.5) is 5.69 Å². The van der Waals surface area contributed by atoms with E-state index in [0.29, 0.717) is 19.5 Å². The molecule has 0 spiro atoms. The molecule has 0 aliphatic carbocycles. The van der Waals surface area contributed by atoms with Crippen molar-refractivity contribution < 1.29 is 9.72 Å². The van der Waals surface area contributed by atoms with Crippen LogP contribution in [0.3, 0.4) is 0 Å². The number of rotatable bonds is 4. The number of fused-ring (bicyclic) bond motifs is 1. The highest BCUT2D eigenvalue weighted by Gasteiger charge is 2.29. The summed E-state index contributed by atoms with van der Waals surface area (Å²) in [5.41, 5.74) is 2.76. The molecule has 1 unspecified atom stereocenters. The molecule has 9 heteroatoms. The van der Waals surface area contributed by atoms with E-state index >= 15 is 0 Å². The van der Waals surface area contributed by atoms with E-state index in [0.717, 1.165) is 16.7 Å². The number of nitro groups is 1. The maximum absolute atomic E-state index is 12.9. The van der Waals surface area contributed by atoms with Crippen LogP contribution in [0.15, 0.2) is 30.6 Å². The van der Waals surface area contributed by atoms with Crippen molar-refractivity contribution in [3.05, 3.63) is 57.4 Å². The zero-order valence-electron chi connectivity index (χ0n) is 14.0. The Bertz CT molecular complexity index is 792. The molecule has 25 heavy (non-hydrogen) atoms. The van der Waals surface area contributed by atoms with E-state index in [1.54, 1.807) is 42.0 Å². The number of hydrogen-bond acceptors (Lipinski definition) is 5. The Balaban J connectivity index is 0.00000225. The van der Waals surface area contributed by atoms with Crippen molar-refractivity contribution in [2.45, 2.75) is 19.0 Å². The highest BCUT2D eigenvalue weighted by atomic mass is 35.5. The number of amides is 1. The minimum atomic E-state index is -0.473. The fourth-order valence-corrected chi connectivity index (χ4v) is 3.05. The van der Waals surface area contributed by atoms with Gasteiger partial charge in [-0.15, -0.1) is 12.4 Å². The third-order valence-corrected chi connectivity index (χ3v) is 4.32. The normalized spacial score (nSPS) is 14.4. The second kappa shape index (κ2) is 7.62. The molecule has 1 N–H and O–H groups in total. The topological polar surface area (TPSA) is 93.3 Å². The number of nitrogens with one attached hydrogen (secondary N) is 1. The number of benzene rings is 1. The van der Waals surface area contributed by atoms with E-state index in [1.165, 1.54) is 6.07 Å². The second-order valence-corrected chi connectivity index (χ2v) is 5.89. The second-order valence-electron chi connectivity index (χ2n) is 5.89. The van der Waals surface area contributed by atoms with Gasteiger partial charge in [-0.25, -0.2) is 0 Å². The minimum Gasteiger partial charge on any atom is -0.336 e. The highest BCUT2D eigenvalue weighted by Crippen LogP contribution is 2.26. The molecule has 1 aromatic carbocycles. The lowest BCUT2D eigenvalue weighted by Gasteiger charge is -2.31. The van der Waals surface area contributed by atoms with Gasteiger partial charge in [0.2, 0.25) is 5.91 Å². The number of hydrogen-bond donors (Lipinski definition) is 1. The van der Waals surface area contributed by atoms with Crippen LogP contribution in [0.5, 0.6) is 0 Å². The van der Waals surface area contributed by atoms with Gasteiger partial charge in [0.1, 0.15) is 6.04 Å². The summed E-state index contributed by atoms with van der Waals surface area (Å²) in [5, 5.41) is 18.1. The minimum absolute atomic E-state index is 0. The Kier molecular flexibility index (Phi) is 5.76. The van der Waals surface area contributed by atoms with E-state index < -0.39 is 11.0 Å². The first kappa shape index (κ1) is 18.9. The van der Waals surface area contributed by atoms with E-state index in [2.05, 4.69) is 10.4 Å². The summed E-state index contributed by atoms with van der Waals surface area (Å²) in [6.45, 7) is 0.983. The Morgan fingerprint density at radius 3 is 2.76 bits per heavy atom. The van der Waals surface area contributed by atoms with Gasteiger partial charge >= 0.3 is 0 Å². The van der Waals surface area contributed by atoms with Gasteiger partial charge in [0.15, 0.2) is 0 Å². The van der Waals surface area contributed by atoms with E-state index in [-0.39, 0.29) is 24.0 Å². The molecule has 2 heterocycles. The lowest BCUT2D eigenvalue weighted by molar-refractivity contribution is -0.385. The van der Waals surface area contributed by atoms with Crippen LogP contribution in [0.2, 0.25) is 0 Å². The molecule has 2 aromatic rings. The molecule has 1 aromatic heterocycles. The van der Waals surface area contributed by atoms with Crippen LogP contribution >= 0.6 is 12.4 Å². The van der Waals surface area contributed by atoms with Gasteiger partial charge in [-0.05, 0) is 24.6 Å². The third-order valence-electron chi connectivity index (χ3n) is 4.32. The molecule has 0 saturated carbocycles. The van der Waals surface area contributed by atoms with Gasteiger partial charge in [0, 0.05) is 44.0 Å². The Morgan fingerprint density at radius 2 is 2.16 bits per heavy atom. The summed E-state index contributed by atoms with van der Waals surface area (Å²) in [6.07, 6.45) is 4.17. The zero-order chi connectivity index (χ0) is 17.3. The number of nitro benzene ring substituents is 1. The fraction of sp³-hybridized carbons (Fsp3) is 0.375. The molecular formula is C16H20ClN5O3. The van der Waals surface area contributed by atoms with Crippen molar-refractivity contribution in [1.29, 1.82) is 0 Å². The number of carbonyl (C=O) groups excluding carboxylic acids is 1. The highest BCUT2D eigenvalue weighted by molar-refractivity contribution is 5.85. The van der Waals surface area contributed by atoms with Crippen molar-refractivity contribution in [3.63, 3.8) is 0 Å². The molecular weight excluding hydrogens is 346 g/mol. The number of halogens is 1. The molecule has 1 amide bonds. The molecule has 1 aliphatic heterocycles. The van der Waals surface area contributed by atoms with Crippen LogP contribution in [-0.4, -0.2) is 39.1 Å². The first-order chi connectivity index (χ1) is 11.5. The Labute approximate surface area is 151 Å². The first-order valence-corrected chi connectivity index (χ1v) is 7.70. The SMILES string of the molecule is CNC(C(=O)N1CCc2ccc([N+](=O)[O-])cc2C1)c1cnn(C)c1.Cl. The molecule has 8 nitrogen and oxygen atoms in total. The van der Waals surface area contributed by atoms with Gasteiger partial charge in [-0.2, -0.15) is 5.10 Å². The van der Waals surface area contributed by atoms with Crippen molar-refractivity contribution in [3.8, 4) is 0 Å². The van der Waals surface area contributed by atoms with Crippen LogP contribution in [0.1, 0.15) is 22.7 Å². The maximum atomic E-state index is 12.9. The number of nitrogens with zero attached hydrogens (tertiary/aromatic N) is 4. The number of aryl methyl sites for hydroxylation is 1. The maximum Gasteiger partial charge on any atom is 0.269 e. The molecule has 0 bridgehead atoms. The average Bonchev–Trinajstić information content (AvgIpc) is 3.00. The average molecular weight is 366 g/mol. The molecule has 1 atom stereocenters. The zero-order valence-corrected chi connectivity index (χ0v) is 14.8. The number of non-ortho nitro benzene ring substituents is 1. The van der Waals surface area contributed by atoms with Gasteiger partial charge in [-0.3, -0.25) is 19.6 Å². The standard InChI is InChI=1S/C16H19N5O3.ClH/c1-17-15(13-8-18-19(2)9-13)16(22)20-6-5-11-3-4-14(21(23)24)7-12(11)10-20;/h3-4,7-9,15,17H,5-6,10H2,1-2H3;1H. The predicted molar refractivity (Wildman–Crippen MR) is 94.5 cm³/mol. The monoisotopic (exact) mass is 365 g/mol. The van der Waals surface area contributed by atoms with E-state index in [1.807, 2.05) is 6.20 Å². The summed E-state index contributed by atoms with van der Waals surface area (Å²) >= 11 is 0. The van der Waals surface area contributed by atoms with Gasteiger partial charge in [0.05, 0.1) is 11.1 Å². The quantitative estimate of drug-likeness (QED) is 0.656. The Morgan fingerprint density at radius 1 is 1.40 bits per heavy atom. The largest absolute Gasteiger partial charge is 0.336 e. The number of likely N-dealkylation sites (N-methyl/N-ethyl adjacent to an activating group) is 1. The lowest BCUT2D eigenvalue weighted by atomic mass is 9.98. The third kappa shape index (κ3) is 3.80. The molecule has 0 radical (unpaired) electrons. The smallest absolute Gasteiger partial charge is 0.269 e. The van der Waals surface area contributed by atoms with E-state index in [9.17, 15) is 14.9 Å². The van der Waals surface area contributed by atoms with Crippen molar-refractivity contribution in [1.82, 2.24) is 20.0 Å². The molecule has 0 saturated heterocycles. The molecule has 134 valence electrons. The van der Waals surface area contributed by atoms with E-state index in [4.69, 9.17) is 0 Å². The Hall–Kier alpha value is -2.45. The van der Waals surface area contributed by atoms with Crippen molar-refractivity contribution >= 4 is 24.0 Å². The summed E-state index contributed by atoms with van der Waals surface area (Å²) in [4.78, 5) is 25.1. The fourth-order valence-electron chi connectivity index (χ4n) is 3.05. The van der Waals surface area contributed by atoms with Crippen molar-refractivity contribution in [2.75, 3.05) is 13.6 Å². The number of aromatic nitrogens is 2. The summed E-state index contributed by atoms with van der Waals surface area (Å²) in [6, 6.07) is 4.39. The van der Waals surface area contributed by atoms with Crippen LogP contribution in [0.25, 0.3) is 0 Å². The summed E-state index contributed by atoms with van der Waals surface area (Å²) < 4.78 is 1.65. The van der Waals surface area contributed by atoms with Crippen LogP contribution in [0, 0.1) is 10.1 Å². The lowest BCUT2D eigenvalue weighted by Crippen LogP contribution is -2.42. The molecule has 0 fully saturated rings. The van der Waals surface area contributed by atoms with Gasteiger partial charge in [-0.1, -0.05) is 6.07 Å². The van der Waals surface area contributed by atoms with Crippen molar-refractivity contribution in [2.24, 2.45) is 7.05 Å². The first-order valence-electron chi connectivity index (χ1n) is 7.70. The molecule has 3 rings (SSSR count). The summed E-state index contributed by atoms with van der Waals surface area (Å²) in [7, 11) is 3.54. The molecule has 1 aliphatic rings. The van der Waals surface area contributed by atoms with Gasteiger partial charge < -0.3 is 10.2 Å². The summed E-state index contributed by atoms with van der Waals surface area (Å²) in [5.74, 6) is -0.0531.